The maximum Gasteiger partial charge on any atom is 0.325 e. The third-order valence-corrected chi connectivity index (χ3v) is 5.26. The number of nitrogens with zero attached hydrogens (tertiary/aromatic N) is 2. The van der Waals surface area contributed by atoms with Gasteiger partial charge < -0.3 is 18.8 Å². The Morgan fingerprint density at radius 1 is 1.10 bits per heavy atom. The number of esters is 1. The summed E-state index contributed by atoms with van der Waals surface area (Å²) >= 11 is 1.12. The van der Waals surface area contributed by atoms with E-state index in [1.165, 1.54) is 30.9 Å². The number of fused-ring (bicyclic) bond motifs is 1. The van der Waals surface area contributed by atoms with Gasteiger partial charge in [0.25, 0.3) is 5.91 Å². The molecular formula is C20H19FN2O5S. The van der Waals surface area contributed by atoms with E-state index in [2.05, 4.69) is 4.99 Å². The van der Waals surface area contributed by atoms with Gasteiger partial charge in [0.2, 0.25) is 0 Å². The lowest BCUT2D eigenvalue weighted by Gasteiger charge is -2.08. The Kier molecular flexibility index (Phi) is 6.28. The summed E-state index contributed by atoms with van der Waals surface area (Å²) in [6.45, 7) is -0.139. The number of methoxy groups -OCH3 is 3. The normalized spacial score (nSPS) is 11.5. The van der Waals surface area contributed by atoms with Gasteiger partial charge in [-0.2, -0.15) is 4.99 Å². The highest BCUT2D eigenvalue weighted by Crippen LogP contribution is 2.25. The fourth-order valence-corrected chi connectivity index (χ4v) is 3.86. The fourth-order valence-electron chi connectivity index (χ4n) is 2.79. The molecule has 0 spiro atoms. The van der Waals surface area contributed by atoms with Gasteiger partial charge in [0.05, 0.1) is 38.0 Å². The Morgan fingerprint density at radius 2 is 1.90 bits per heavy atom. The number of amides is 1. The van der Waals surface area contributed by atoms with E-state index < -0.39 is 17.7 Å². The second kappa shape index (κ2) is 8.87. The van der Waals surface area contributed by atoms with Gasteiger partial charge in [0.15, 0.2) is 4.80 Å². The second-order valence-corrected chi connectivity index (χ2v) is 7.03. The van der Waals surface area contributed by atoms with E-state index in [0.29, 0.717) is 27.3 Å². The van der Waals surface area contributed by atoms with Gasteiger partial charge in [0.1, 0.15) is 23.9 Å². The lowest BCUT2D eigenvalue weighted by Crippen LogP contribution is -2.22. The van der Waals surface area contributed by atoms with Crippen LogP contribution >= 0.6 is 11.3 Å². The molecular weight excluding hydrogens is 399 g/mol. The highest BCUT2D eigenvalue weighted by Gasteiger charge is 2.14. The minimum absolute atomic E-state index is 0.00595. The van der Waals surface area contributed by atoms with E-state index in [9.17, 15) is 14.0 Å². The Labute approximate surface area is 170 Å². The first kappa shape index (κ1) is 20.5. The Hall–Kier alpha value is -3.20. The maximum atomic E-state index is 13.6. The molecule has 0 aliphatic carbocycles. The minimum atomic E-state index is -0.500. The fraction of sp³-hybridized carbons (Fsp3) is 0.250. The van der Waals surface area contributed by atoms with Crippen molar-refractivity contribution < 1.29 is 28.2 Å². The number of aromatic nitrogens is 1. The van der Waals surface area contributed by atoms with Crippen molar-refractivity contribution >= 4 is 33.4 Å². The Bertz CT molecular complexity index is 1140. The van der Waals surface area contributed by atoms with Crippen molar-refractivity contribution in [1.82, 2.24) is 4.57 Å². The van der Waals surface area contributed by atoms with Gasteiger partial charge in [-0.3, -0.25) is 9.59 Å². The molecule has 0 aliphatic heterocycles. The number of ether oxygens (including phenoxy) is 3. The summed E-state index contributed by atoms with van der Waals surface area (Å²) in [6.07, 6.45) is -0.00595. The summed E-state index contributed by atoms with van der Waals surface area (Å²) in [5.74, 6) is -0.227. The minimum Gasteiger partial charge on any atom is -0.497 e. The van der Waals surface area contributed by atoms with Crippen LogP contribution in [0.4, 0.5) is 4.39 Å². The first-order valence-corrected chi connectivity index (χ1v) is 9.41. The van der Waals surface area contributed by atoms with Crippen molar-refractivity contribution in [2.45, 2.75) is 13.0 Å². The van der Waals surface area contributed by atoms with Crippen molar-refractivity contribution in [3.63, 3.8) is 0 Å². The molecule has 0 N–H and O–H groups in total. The number of benzene rings is 2. The molecule has 0 unspecified atom stereocenters. The van der Waals surface area contributed by atoms with E-state index >= 15 is 0 Å². The van der Waals surface area contributed by atoms with E-state index in [1.54, 1.807) is 31.4 Å². The largest absolute Gasteiger partial charge is 0.497 e. The molecule has 0 saturated carbocycles. The number of thiazole rings is 1. The van der Waals surface area contributed by atoms with Crippen LogP contribution in [0.25, 0.3) is 10.2 Å². The number of halogens is 1. The summed E-state index contributed by atoms with van der Waals surface area (Å²) in [7, 11) is 4.32. The van der Waals surface area contributed by atoms with Gasteiger partial charge in [-0.1, -0.05) is 17.4 Å². The lowest BCUT2D eigenvalue weighted by atomic mass is 10.1. The molecule has 3 rings (SSSR count). The zero-order valence-corrected chi connectivity index (χ0v) is 16.9. The van der Waals surface area contributed by atoms with Gasteiger partial charge in [-0.15, -0.1) is 0 Å². The zero-order chi connectivity index (χ0) is 21.0. The topological polar surface area (TPSA) is 79.1 Å². The SMILES string of the molecule is COC(=O)Cn1c(=NC(=O)Cc2ccc(OC)cc2OC)sc2cc(F)ccc21. The smallest absolute Gasteiger partial charge is 0.325 e. The predicted octanol–water partition coefficient (Wildman–Crippen LogP) is 2.70. The van der Waals surface area contributed by atoms with Gasteiger partial charge in [-0.05, 0) is 24.3 Å². The van der Waals surface area contributed by atoms with Crippen molar-refractivity contribution in [3.05, 3.63) is 52.6 Å². The first-order chi connectivity index (χ1) is 13.9. The van der Waals surface area contributed by atoms with Gasteiger partial charge in [0, 0.05) is 11.6 Å². The number of carbonyl (C=O) groups excluding carboxylic acids is 2. The number of carbonyl (C=O) groups is 2. The molecule has 0 bridgehead atoms. The number of hydrogen-bond donors (Lipinski definition) is 0. The maximum absolute atomic E-state index is 13.6. The standard InChI is InChI=1S/C20H19FN2O5S/c1-26-14-6-4-12(16(10-14)27-2)8-18(24)22-20-23(11-19(25)28-3)15-7-5-13(21)9-17(15)29-20/h4-7,9-10H,8,11H2,1-3H3. The van der Waals surface area contributed by atoms with Crippen LogP contribution in [0.1, 0.15) is 5.56 Å². The van der Waals surface area contributed by atoms with Crippen LogP contribution in [0.2, 0.25) is 0 Å². The molecule has 7 nitrogen and oxygen atoms in total. The highest BCUT2D eigenvalue weighted by atomic mass is 32.1. The first-order valence-electron chi connectivity index (χ1n) is 8.59. The van der Waals surface area contributed by atoms with E-state index in [0.717, 1.165) is 11.3 Å². The average molecular weight is 418 g/mol. The zero-order valence-electron chi connectivity index (χ0n) is 16.1. The van der Waals surface area contributed by atoms with Crippen LogP contribution < -0.4 is 14.3 Å². The van der Waals surface area contributed by atoms with Gasteiger partial charge in [-0.25, -0.2) is 4.39 Å². The van der Waals surface area contributed by atoms with Crippen molar-refractivity contribution in [3.8, 4) is 11.5 Å². The number of rotatable bonds is 6. The van der Waals surface area contributed by atoms with Crippen LogP contribution in [-0.2, 0) is 27.3 Å². The molecule has 1 heterocycles. The molecule has 0 aliphatic rings. The summed E-state index contributed by atoms with van der Waals surface area (Å²) in [6, 6.07) is 9.31. The van der Waals surface area contributed by atoms with Crippen LogP contribution in [0.3, 0.4) is 0 Å². The van der Waals surface area contributed by atoms with Crippen LogP contribution in [-0.4, -0.2) is 37.8 Å². The van der Waals surface area contributed by atoms with E-state index in [1.807, 2.05) is 0 Å². The monoisotopic (exact) mass is 418 g/mol. The molecule has 0 atom stereocenters. The summed E-state index contributed by atoms with van der Waals surface area (Å²) < 4.78 is 30.9. The van der Waals surface area contributed by atoms with Crippen molar-refractivity contribution in [2.75, 3.05) is 21.3 Å². The Balaban J connectivity index is 1.99. The molecule has 9 heteroatoms. The Morgan fingerprint density at radius 3 is 2.59 bits per heavy atom. The third-order valence-electron chi connectivity index (χ3n) is 4.22. The van der Waals surface area contributed by atoms with E-state index in [4.69, 9.17) is 14.2 Å². The molecule has 3 aromatic rings. The molecule has 1 aromatic heterocycles. The second-order valence-electron chi connectivity index (χ2n) is 6.02. The molecule has 1 amide bonds. The molecule has 0 radical (unpaired) electrons. The third kappa shape index (κ3) is 4.62. The summed E-state index contributed by atoms with van der Waals surface area (Å²) in [5.41, 5.74) is 1.24. The van der Waals surface area contributed by atoms with Crippen molar-refractivity contribution in [1.29, 1.82) is 0 Å². The average Bonchev–Trinajstić information content (AvgIpc) is 3.03. The predicted molar refractivity (Wildman–Crippen MR) is 106 cm³/mol. The molecule has 0 saturated heterocycles. The summed E-state index contributed by atoms with van der Waals surface area (Å²) in [5, 5.41) is 0. The lowest BCUT2D eigenvalue weighted by molar-refractivity contribution is -0.141. The van der Waals surface area contributed by atoms with E-state index in [-0.39, 0.29) is 17.8 Å². The highest BCUT2D eigenvalue weighted by molar-refractivity contribution is 7.16. The molecule has 2 aromatic carbocycles. The van der Waals surface area contributed by atoms with Crippen LogP contribution in [0, 0.1) is 5.82 Å². The van der Waals surface area contributed by atoms with Gasteiger partial charge >= 0.3 is 5.97 Å². The molecule has 152 valence electrons. The molecule has 0 fully saturated rings. The molecule has 29 heavy (non-hydrogen) atoms. The summed E-state index contributed by atoms with van der Waals surface area (Å²) in [4.78, 5) is 28.8. The van der Waals surface area contributed by atoms with Crippen LogP contribution in [0.15, 0.2) is 41.4 Å². The quantitative estimate of drug-likeness (QED) is 0.575. The van der Waals surface area contributed by atoms with Crippen LogP contribution in [0.5, 0.6) is 11.5 Å². The van der Waals surface area contributed by atoms with Crippen molar-refractivity contribution in [2.24, 2.45) is 4.99 Å². The number of hydrogen-bond acceptors (Lipinski definition) is 6.